The molecule has 2 N–H and O–H groups in total. The van der Waals surface area contributed by atoms with Gasteiger partial charge in [-0.1, -0.05) is 19.1 Å². The normalized spacial score (nSPS) is 16.1. The van der Waals surface area contributed by atoms with Crippen LogP contribution < -0.4 is 10.6 Å². The summed E-state index contributed by atoms with van der Waals surface area (Å²) in [6.07, 6.45) is 5.54. The number of rotatable bonds is 7. The minimum absolute atomic E-state index is 0. The highest BCUT2D eigenvalue weighted by Gasteiger charge is 2.26. The number of carbonyl (C=O) groups is 2. The lowest BCUT2D eigenvalue weighted by atomic mass is 10.0. The lowest BCUT2D eigenvalue weighted by molar-refractivity contribution is 0.0642. The second-order valence-electron chi connectivity index (χ2n) is 7.43. The fraction of sp³-hybridized carbons (Fsp3) is 0.435. The van der Waals surface area contributed by atoms with Crippen LogP contribution in [0.1, 0.15) is 59.0 Å². The summed E-state index contributed by atoms with van der Waals surface area (Å²) in [5.74, 6) is -0.191. The second kappa shape index (κ2) is 12.3. The van der Waals surface area contributed by atoms with E-state index < -0.39 is 0 Å². The Hall–Kier alpha value is -2.44. The predicted molar refractivity (Wildman–Crippen MR) is 121 cm³/mol. The van der Waals surface area contributed by atoms with Gasteiger partial charge in [0.05, 0.1) is 12.2 Å². The van der Waals surface area contributed by atoms with E-state index in [1.165, 1.54) is 0 Å². The summed E-state index contributed by atoms with van der Waals surface area (Å²) < 4.78 is 0. The monoisotopic (exact) mass is 430 g/mol. The number of nitrogens with zero attached hydrogens (tertiary/aromatic N) is 2. The second-order valence-corrected chi connectivity index (χ2v) is 7.43. The zero-order chi connectivity index (χ0) is 20.5. The third kappa shape index (κ3) is 6.54. The molecule has 3 rings (SSSR count). The topological polar surface area (TPSA) is 74.3 Å². The number of hydrogen-bond acceptors (Lipinski definition) is 4. The van der Waals surface area contributed by atoms with E-state index >= 15 is 0 Å². The Morgan fingerprint density at radius 1 is 1.13 bits per heavy atom. The van der Waals surface area contributed by atoms with Crippen LogP contribution in [-0.4, -0.2) is 47.4 Å². The minimum Gasteiger partial charge on any atom is -0.352 e. The van der Waals surface area contributed by atoms with Crippen LogP contribution >= 0.6 is 12.4 Å². The SMILES string of the molecule is CCCNC(=O)c1cccc(C(=O)N(Cc2ccccn2)C2CCCNCC2)c1.Cl. The first kappa shape index (κ1) is 23.8. The van der Waals surface area contributed by atoms with Crippen molar-refractivity contribution in [3.05, 3.63) is 65.5 Å². The molecule has 0 bridgehead atoms. The molecule has 0 radical (unpaired) electrons. The molecule has 1 atom stereocenters. The molecule has 1 aliphatic rings. The molecule has 0 spiro atoms. The highest BCUT2D eigenvalue weighted by molar-refractivity contribution is 5.99. The highest BCUT2D eigenvalue weighted by Crippen LogP contribution is 2.20. The molecule has 162 valence electrons. The molecule has 7 heteroatoms. The van der Waals surface area contributed by atoms with Crippen LogP contribution in [-0.2, 0) is 6.54 Å². The van der Waals surface area contributed by atoms with E-state index in [0.29, 0.717) is 24.2 Å². The van der Waals surface area contributed by atoms with Crippen molar-refractivity contribution >= 4 is 24.2 Å². The first-order chi connectivity index (χ1) is 14.2. The van der Waals surface area contributed by atoms with E-state index in [2.05, 4.69) is 15.6 Å². The number of nitrogens with one attached hydrogen (secondary N) is 2. The van der Waals surface area contributed by atoms with Crippen molar-refractivity contribution in [1.82, 2.24) is 20.5 Å². The van der Waals surface area contributed by atoms with E-state index in [1.54, 1.807) is 30.5 Å². The predicted octanol–water partition coefficient (Wildman–Crippen LogP) is 3.43. The van der Waals surface area contributed by atoms with Crippen molar-refractivity contribution in [3.63, 3.8) is 0 Å². The van der Waals surface area contributed by atoms with Crippen molar-refractivity contribution in [2.75, 3.05) is 19.6 Å². The molecule has 1 aromatic carbocycles. The van der Waals surface area contributed by atoms with Crippen LogP contribution in [0.3, 0.4) is 0 Å². The minimum atomic E-state index is -0.142. The lowest BCUT2D eigenvalue weighted by Crippen LogP contribution is -2.40. The lowest BCUT2D eigenvalue weighted by Gasteiger charge is -2.31. The summed E-state index contributed by atoms with van der Waals surface area (Å²) in [5, 5.41) is 6.29. The molecule has 1 saturated heterocycles. The molecule has 6 nitrogen and oxygen atoms in total. The molecule has 0 saturated carbocycles. The quantitative estimate of drug-likeness (QED) is 0.705. The molecule has 1 unspecified atom stereocenters. The number of pyridine rings is 1. The number of aromatic nitrogens is 1. The summed E-state index contributed by atoms with van der Waals surface area (Å²) in [7, 11) is 0. The van der Waals surface area contributed by atoms with Gasteiger partial charge in [0.15, 0.2) is 0 Å². The third-order valence-corrected chi connectivity index (χ3v) is 5.21. The summed E-state index contributed by atoms with van der Waals surface area (Å²) in [4.78, 5) is 32.2. The van der Waals surface area contributed by atoms with E-state index in [4.69, 9.17) is 0 Å². The molecule has 0 aliphatic carbocycles. The van der Waals surface area contributed by atoms with Crippen LogP contribution in [0.4, 0.5) is 0 Å². The van der Waals surface area contributed by atoms with Gasteiger partial charge in [-0.25, -0.2) is 0 Å². The van der Waals surface area contributed by atoms with Crippen molar-refractivity contribution in [2.24, 2.45) is 0 Å². The van der Waals surface area contributed by atoms with Crippen LogP contribution in [0.15, 0.2) is 48.7 Å². The number of hydrogen-bond donors (Lipinski definition) is 2. The van der Waals surface area contributed by atoms with Crippen molar-refractivity contribution in [3.8, 4) is 0 Å². The van der Waals surface area contributed by atoms with Gasteiger partial charge in [0.1, 0.15) is 0 Å². The third-order valence-electron chi connectivity index (χ3n) is 5.21. The van der Waals surface area contributed by atoms with Gasteiger partial charge in [-0.15, -0.1) is 12.4 Å². The highest BCUT2D eigenvalue weighted by atomic mass is 35.5. The molecule has 30 heavy (non-hydrogen) atoms. The van der Waals surface area contributed by atoms with Crippen LogP contribution in [0, 0.1) is 0 Å². The standard InChI is InChI=1S/C23H30N4O2.ClH/c1-2-12-26-22(28)18-7-5-8-19(16-18)23(29)27(17-20-9-3-4-14-25-20)21-10-6-13-24-15-11-21;/h3-5,7-9,14,16,21,24H,2,6,10-13,15,17H2,1H3,(H,26,28);1H. The maximum absolute atomic E-state index is 13.5. The fourth-order valence-corrected chi connectivity index (χ4v) is 3.65. The summed E-state index contributed by atoms with van der Waals surface area (Å²) in [6, 6.07) is 12.9. The van der Waals surface area contributed by atoms with Gasteiger partial charge in [-0.2, -0.15) is 0 Å². The largest absolute Gasteiger partial charge is 0.352 e. The first-order valence-corrected chi connectivity index (χ1v) is 10.5. The smallest absolute Gasteiger partial charge is 0.254 e. The number of carbonyl (C=O) groups excluding carboxylic acids is 2. The van der Waals surface area contributed by atoms with Gasteiger partial charge in [0, 0.05) is 29.9 Å². The van der Waals surface area contributed by atoms with Gasteiger partial charge < -0.3 is 15.5 Å². The Labute approximate surface area is 184 Å². The van der Waals surface area contributed by atoms with Gasteiger partial charge >= 0.3 is 0 Å². The first-order valence-electron chi connectivity index (χ1n) is 10.5. The Morgan fingerprint density at radius 2 is 1.97 bits per heavy atom. The Morgan fingerprint density at radius 3 is 2.73 bits per heavy atom. The molecular formula is C23H31ClN4O2. The van der Waals surface area contributed by atoms with E-state index in [-0.39, 0.29) is 30.3 Å². The maximum atomic E-state index is 13.5. The summed E-state index contributed by atoms with van der Waals surface area (Å²) >= 11 is 0. The van der Waals surface area contributed by atoms with Gasteiger partial charge in [-0.3, -0.25) is 14.6 Å². The summed E-state index contributed by atoms with van der Waals surface area (Å²) in [6.45, 7) is 4.98. The zero-order valence-corrected chi connectivity index (χ0v) is 18.3. The number of benzene rings is 1. The average Bonchev–Trinajstić information content (AvgIpc) is 3.05. The zero-order valence-electron chi connectivity index (χ0n) is 17.5. The van der Waals surface area contributed by atoms with Crippen molar-refractivity contribution in [1.29, 1.82) is 0 Å². The van der Waals surface area contributed by atoms with Gasteiger partial charge in [0.2, 0.25) is 0 Å². The number of halogens is 1. The molecule has 1 aromatic heterocycles. The molecule has 2 amide bonds. The Balaban J connectivity index is 0.00000320. The molecular weight excluding hydrogens is 400 g/mol. The van der Waals surface area contributed by atoms with Crippen LogP contribution in [0.5, 0.6) is 0 Å². The summed E-state index contributed by atoms with van der Waals surface area (Å²) in [5.41, 5.74) is 1.93. The molecule has 2 heterocycles. The average molecular weight is 431 g/mol. The van der Waals surface area contributed by atoms with Crippen molar-refractivity contribution in [2.45, 2.75) is 45.2 Å². The van der Waals surface area contributed by atoms with Crippen molar-refractivity contribution < 1.29 is 9.59 Å². The molecule has 1 aliphatic heterocycles. The van der Waals surface area contributed by atoms with Gasteiger partial charge in [0.25, 0.3) is 11.8 Å². The number of amides is 2. The van der Waals surface area contributed by atoms with E-state index in [1.807, 2.05) is 30.0 Å². The fourth-order valence-electron chi connectivity index (χ4n) is 3.65. The van der Waals surface area contributed by atoms with Crippen LogP contribution in [0.25, 0.3) is 0 Å². The van der Waals surface area contributed by atoms with E-state index in [9.17, 15) is 9.59 Å². The van der Waals surface area contributed by atoms with Gasteiger partial charge in [-0.05, 0) is 69.1 Å². The van der Waals surface area contributed by atoms with Crippen LogP contribution in [0.2, 0.25) is 0 Å². The maximum Gasteiger partial charge on any atom is 0.254 e. The molecule has 1 fully saturated rings. The Bertz CT molecular complexity index is 808. The van der Waals surface area contributed by atoms with E-state index in [0.717, 1.165) is 44.5 Å². The Kier molecular flexibility index (Phi) is 9.77. The molecule has 2 aromatic rings.